The SMILES string of the molecule is COC(=O)C[C@H](C(=O)NN(Cc1c(F)cc(-c2ccn(C(F)F)n2)cc1F)C[C@H](O)[C@@H](CC(=O)[C@@H](NC(=O)OC)C(C)(C)C(F)(F)F)Cc1ccc(C#Cc2ccc(N3CCN(C4CCC4)CC3)nc2)cc1)C(C)(C)C(F)(F)F. The molecular weight excluding hydrogens is 1060 g/mol. The highest BCUT2D eigenvalue weighted by Crippen LogP contribution is 2.46. The summed E-state index contributed by atoms with van der Waals surface area (Å²) in [5, 5.41) is 18.2. The van der Waals surface area contributed by atoms with Crippen LogP contribution >= 0.6 is 0 Å². The molecule has 0 bridgehead atoms. The maximum Gasteiger partial charge on any atom is 0.407 e. The number of alkyl carbamates (subject to hydrolysis) is 1. The Hall–Kier alpha value is -6.78. The number of carbonyl (C=O) groups is 4. The van der Waals surface area contributed by atoms with Crippen molar-refractivity contribution in [1.82, 2.24) is 35.4 Å². The van der Waals surface area contributed by atoms with Gasteiger partial charge in [0.15, 0.2) is 5.78 Å². The number of pyridine rings is 1. The molecule has 0 spiro atoms. The van der Waals surface area contributed by atoms with Crippen LogP contribution in [0.4, 0.5) is 54.5 Å². The number of methoxy groups -OCH3 is 2. The van der Waals surface area contributed by atoms with Gasteiger partial charge in [0, 0.05) is 86.4 Å². The summed E-state index contributed by atoms with van der Waals surface area (Å²) in [4.78, 5) is 62.5. The third-order valence-electron chi connectivity index (χ3n) is 14.8. The van der Waals surface area contributed by atoms with E-state index in [9.17, 15) is 59.4 Å². The van der Waals surface area contributed by atoms with Gasteiger partial charge in [0.25, 0.3) is 0 Å². The van der Waals surface area contributed by atoms with Crippen molar-refractivity contribution in [2.45, 2.75) is 110 Å². The number of esters is 1. The lowest BCUT2D eigenvalue weighted by Gasteiger charge is -2.43. The minimum absolute atomic E-state index is 0.211. The van der Waals surface area contributed by atoms with E-state index in [1.54, 1.807) is 18.3 Å². The number of hydrazine groups is 1. The highest BCUT2D eigenvalue weighted by atomic mass is 19.4. The minimum atomic E-state index is -5.16. The van der Waals surface area contributed by atoms with E-state index >= 15 is 8.78 Å². The number of aliphatic hydroxyl groups is 1. The van der Waals surface area contributed by atoms with Crippen molar-refractivity contribution >= 4 is 29.6 Å². The number of Topliss-reactive ketones (excluding diaryl/α,β-unsaturated/α-hetero) is 1. The Kier molecular flexibility index (Phi) is 19.9. The molecule has 1 saturated heterocycles. The van der Waals surface area contributed by atoms with Gasteiger partial charge in [-0.2, -0.15) is 40.2 Å². The molecular formula is C54H62F10N8O7. The summed E-state index contributed by atoms with van der Waals surface area (Å²) in [5.74, 6) is -3.79. The van der Waals surface area contributed by atoms with E-state index in [-0.39, 0.29) is 22.4 Å². The maximum absolute atomic E-state index is 16.0. The fourth-order valence-corrected chi connectivity index (χ4v) is 9.19. The molecule has 1 aliphatic heterocycles. The topological polar surface area (TPSA) is 171 Å². The first-order valence-corrected chi connectivity index (χ1v) is 25.2. The van der Waals surface area contributed by atoms with Crippen molar-refractivity contribution in [3.05, 3.63) is 101 Å². The van der Waals surface area contributed by atoms with Gasteiger partial charge in [-0.05, 0) is 87.1 Å². The lowest BCUT2D eigenvalue weighted by molar-refractivity contribution is -0.231. The molecule has 3 heterocycles. The highest BCUT2D eigenvalue weighted by Gasteiger charge is 2.57. The highest BCUT2D eigenvalue weighted by molar-refractivity contribution is 5.88. The molecule has 430 valence electrons. The van der Waals surface area contributed by atoms with Crippen LogP contribution in [0.1, 0.15) is 88.6 Å². The number of aromatic nitrogens is 3. The van der Waals surface area contributed by atoms with Crippen LogP contribution in [-0.2, 0) is 36.8 Å². The van der Waals surface area contributed by atoms with Crippen molar-refractivity contribution in [2.24, 2.45) is 22.7 Å². The van der Waals surface area contributed by atoms with Crippen LogP contribution in [0.2, 0.25) is 0 Å². The molecule has 15 nitrogen and oxygen atoms in total. The minimum Gasteiger partial charge on any atom is -0.469 e. The molecule has 2 fully saturated rings. The molecule has 1 aliphatic carbocycles. The average Bonchev–Trinajstić information content (AvgIpc) is 3.99. The fraction of sp³-hybridized carbons (Fsp3) is 0.519. The first-order chi connectivity index (χ1) is 37.0. The van der Waals surface area contributed by atoms with E-state index in [0.29, 0.717) is 67.6 Å². The Morgan fingerprint density at radius 3 is 1.95 bits per heavy atom. The normalized spacial score (nSPS) is 16.3. The van der Waals surface area contributed by atoms with Crippen LogP contribution in [0, 0.1) is 46.1 Å². The fourth-order valence-electron chi connectivity index (χ4n) is 9.19. The molecule has 1 saturated carbocycles. The number of hydrogen-bond donors (Lipinski definition) is 3. The van der Waals surface area contributed by atoms with Gasteiger partial charge in [0.1, 0.15) is 23.5 Å². The van der Waals surface area contributed by atoms with Gasteiger partial charge in [-0.25, -0.2) is 28.3 Å². The van der Waals surface area contributed by atoms with Crippen molar-refractivity contribution in [1.29, 1.82) is 0 Å². The molecule has 25 heteroatoms. The van der Waals surface area contributed by atoms with Crippen molar-refractivity contribution in [3.63, 3.8) is 0 Å². The predicted octanol–water partition coefficient (Wildman–Crippen LogP) is 8.79. The van der Waals surface area contributed by atoms with Gasteiger partial charge < -0.3 is 24.8 Å². The number of ether oxygens (including phenoxy) is 2. The number of rotatable bonds is 21. The standard InChI is InChI=1S/C54H62F10N8O7/c1-51(2,53(59,60)61)39(28-46(75)78-5)48(76)68-71(30-38-40(55)25-35(26-41(38)56)42-18-19-72(67-42)49(57)58)31-44(74)36(27-43(73)47(66-50(77)79-6)52(3,4)54(62,63)64)24-33-13-10-32(11-14-33)12-15-34-16-17-45(65-29-34)70-22-20-69(21-23-70)37-8-7-9-37/h10-11,13-14,16-19,25-26,29,36-37,39,44,47,49,74H,7-9,20-24,27-28,30-31H2,1-6H3,(H,66,77)(H,68,76)/t36-,39-,44+,47-/m1/s1. The summed E-state index contributed by atoms with van der Waals surface area (Å²) >= 11 is 0. The molecule has 0 radical (unpaired) electrons. The summed E-state index contributed by atoms with van der Waals surface area (Å²) in [6, 6.07) is 10.7. The van der Waals surface area contributed by atoms with E-state index in [1.165, 1.54) is 31.4 Å². The zero-order chi connectivity index (χ0) is 58.2. The third-order valence-corrected chi connectivity index (χ3v) is 14.8. The molecule has 0 unspecified atom stereocenters. The van der Waals surface area contributed by atoms with Crippen molar-refractivity contribution < 1.29 is 77.7 Å². The number of nitrogens with one attached hydrogen (secondary N) is 2. The van der Waals surface area contributed by atoms with E-state index in [2.05, 4.69) is 46.6 Å². The second-order valence-electron chi connectivity index (χ2n) is 20.7. The second kappa shape index (κ2) is 25.6. The van der Waals surface area contributed by atoms with Crippen molar-refractivity contribution in [2.75, 3.05) is 51.8 Å². The Bertz CT molecular complexity index is 2800. The van der Waals surface area contributed by atoms with Crippen LogP contribution in [-0.4, -0.2) is 131 Å². The van der Waals surface area contributed by atoms with Gasteiger partial charge in [0.2, 0.25) is 5.91 Å². The Morgan fingerprint density at radius 1 is 0.823 bits per heavy atom. The van der Waals surface area contributed by atoms with E-state index in [4.69, 9.17) is 0 Å². The lowest BCUT2D eigenvalue weighted by Crippen LogP contribution is -2.57. The third kappa shape index (κ3) is 15.3. The van der Waals surface area contributed by atoms with Gasteiger partial charge in [-0.15, -0.1) is 0 Å². The summed E-state index contributed by atoms with van der Waals surface area (Å²) in [6.07, 6.45) is -9.98. The molecule has 4 atom stereocenters. The number of amides is 2. The summed E-state index contributed by atoms with van der Waals surface area (Å²) in [5.41, 5.74) is -3.92. The van der Waals surface area contributed by atoms with Crippen LogP contribution < -0.4 is 15.6 Å². The summed E-state index contributed by atoms with van der Waals surface area (Å²) in [6.45, 7) is 0.879. The number of carbonyl (C=O) groups excluding carboxylic acids is 4. The van der Waals surface area contributed by atoms with Gasteiger partial charge >= 0.3 is 31.0 Å². The smallest absolute Gasteiger partial charge is 0.407 e. The Balaban J connectivity index is 1.32. The summed E-state index contributed by atoms with van der Waals surface area (Å²) < 4.78 is 155. The molecule has 79 heavy (non-hydrogen) atoms. The summed E-state index contributed by atoms with van der Waals surface area (Å²) in [7, 11) is 1.70. The predicted molar refractivity (Wildman–Crippen MR) is 267 cm³/mol. The Labute approximate surface area is 449 Å². The van der Waals surface area contributed by atoms with Gasteiger partial charge in [0.05, 0.1) is 49.2 Å². The molecule has 2 aromatic heterocycles. The molecule has 3 N–H and O–H groups in total. The number of piperazine rings is 1. The van der Waals surface area contributed by atoms with E-state index in [1.807, 2.05) is 17.4 Å². The lowest BCUT2D eigenvalue weighted by atomic mass is 9.75. The largest absolute Gasteiger partial charge is 0.469 e. The second-order valence-corrected chi connectivity index (χ2v) is 20.7. The molecule has 6 rings (SSSR count). The van der Waals surface area contributed by atoms with Crippen LogP contribution in [0.3, 0.4) is 0 Å². The number of alkyl halides is 8. The van der Waals surface area contributed by atoms with E-state index in [0.717, 1.165) is 58.5 Å². The van der Waals surface area contributed by atoms with Gasteiger partial charge in [-0.3, -0.25) is 24.7 Å². The van der Waals surface area contributed by atoms with Crippen molar-refractivity contribution in [3.8, 4) is 23.1 Å². The number of aliphatic hydroxyl groups excluding tert-OH is 1. The number of nitrogens with zero attached hydrogens (tertiary/aromatic N) is 6. The number of hydrogen-bond acceptors (Lipinski definition) is 12. The molecule has 4 aromatic rings. The Morgan fingerprint density at radius 2 is 1.43 bits per heavy atom. The average molecular weight is 1130 g/mol. The number of ketones is 1. The van der Waals surface area contributed by atoms with E-state index < -0.39 is 121 Å². The maximum atomic E-state index is 16.0. The van der Waals surface area contributed by atoms with Crippen LogP contribution in [0.25, 0.3) is 11.3 Å². The first kappa shape index (κ1) is 61.4. The molecule has 2 aromatic carbocycles. The van der Waals surface area contributed by atoms with Gasteiger partial charge in [-0.1, -0.05) is 44.2 Å². The zero-order valence-electron chi connectivity index (χ0n) is 44.2. The van der Waals surface area contributed by atoms with Crippen LogP contribution in [0.15, 0.2) is 67.0 Å². The zero-order valence-corrected chi connectivity index (χ0v) is 44.2. The van der Waals surface area contributed by atoms with Crippen LogP contribution in [0.5, 0.6) is 0 Å². The molecule has 2 amide bonds. The monoisotopic (exact) mass is 1120 g/mol. The number of halogens is 10. The number of anilines is 1. The quantitative estimate of drug-likeness (QED) is 0.0314. The number of benzene rings is 2. The first-order valence-electron chi connectivity index (χ1n) is 25.2. The molecule has 2 aliphatic rings.